The summed E-state index contributed by atoms with van der Waals surface area (Å²) >= 11 is 0. The van der Waals surface area contributed by atoms with Crippen LogP contribution < -0.4 is 4.72 Å². The molecule has 0 unspecified atom stereocenters. The number of hydrogen-bond donors (Lipinski definition) is 1. The van der Waals surface area contributed by atoms with Gasteiger partial charge in [-0.25, -0.2) is 13.1 Å². The number of carbonyl (C=O) groups excluding carboxylic acids is 1. The first-order chi connectivity index (χ1) is 12.4. The van der Waals surface area contributed by atoms with Gasteiger partial charge in [-0.1, -0.05) is 48.5 Å². The fraction of sp³-hybridized carbons (Fsp3) is 0.350. The van der Waals surface area contributed by atoms with Crippen molar-refractivity contribution in [2.75, 3.05) is 19.6 Å². The minimum Gasteiger partial charge on any atom is -0.342 e. The maximum atomic E-state index is 12.4. The third-order valence-corrected chi connectivity index (χ3v) is 5.86. The van der Waals surface area contributed by atoms with Gasteiger partial charge in [-0.05, 0) is 37.0 Å². The summed E-state index contributed by atoms with van der Waals surface area (Å²) in [5.74, 6) is -0.0480. The molecule has 26 heavy (non-hydrogen) atoms. The summed E-state index contributed by atoms with van der Waals surface area (Å²) in [5.41, 5.74) is 1.93. The maximum absolute atomic E-state index is 12.4. The number of benzene rings is 2. The van der Waals surface area contributed by atoms with Gasteiger partial charge in [-0.15, -0.1) is 0 Å². The minimum absolute atomic E-state index is 0.0480. The van der Waals surface area contributed by atoms with Gasteiger partial charge in [0.15, 0.2) is 0 Å². The van der Waals surface area contributed by atoms with Gasteiger partial charge >= 0.3 is 0 Å². The fourth-order valence-corrected chi connectivity index (χ4v) is 4.06. The molecule has 0 saturated heterocycles. The van der Waals surface area contributed by atoms with Crippen molar-refractivity contribution >= 4 is 15.9 Å². The van der Waals surface area contributed by atoms with Crippen molar-refractivity contribution in [3.05, 3.63) is 65.7 Å². The van der Waals surface area contributed by atoms with Crippen LogP contribution in [-0.2, 0) is 21.2 Å². The molecule has 140 valence electrons. The monoisotopic (exact) mass is 374 g/mol. The van der Waals surface area contributed by atoms with Crippen LogP contribution in [0, 0.1) is 6.92 Å². The number of amides is 1. The molecule has 0 aliphatic carbocycles. The molecule has 0 aliphatic rings. The Morgan fingerprint density at radius 1 is 1.00 bits per heavy atom. The van der Waals surface area contributed by atoms with E-state index in [9.17, 15) is 13.2 Å². The summed E-state index contributed by atoms with van der Waals surface area (Å²) in [6.45, 7) is 4.44. The molecule has 1 N–H and O–H groups in total. The van der Waals surface area contributed by atoms with E-state index in [0.29, 0.717) is 18.7 Å². The van der Waals surface area contributed by atoms with Crippen LogP contribution in [0.3, 0.4) is 0 Å². The zero-order valence-electron chi connectivity index (χ0n) is 15.3. The van der Waals surface area contributed by atoms with Gasteiger partial charge in [-0.3, -0.25) is 4.79 Å². The Kier molecular flexibility index (Phi) is 7.36. The zero-order valence-corrected chi connectivity index (χ0v) is 16.1. The molecule has 0 heterocycles. The van der Waals surface area contributed by atoms with Crippen molar-refractivity contribution in [1.29, 1.82) is 0 Å². The molecule has 0 spiro atoms. The molecule has 6 heteroatoms. The highest BCUT2D eigenvalue weighted by Crippen LogP contribution is 2.13. The first-order valence-electron chi connectivity index (χ1n) is 8.75. The Morgan fingerprint density at radius 2 is 1.65 bits per heavy atom. The predicted octanol–water partition coefficient (Wildman–Crippen LogP) is 2.75. The Labute approximate surface area is 156 Å². The number of rotatable bonds is 9. The Balaban J connectivity index is 1.84. The highest BCUT2D eigenvalue weighted by molar-refractivity contribution is 7.89. The van der Waals surface area contributed by atoms with Crippen LogP contribution in [0.4, 0.5) is 0 Å². The van der Waals surface area contributed by atoms with Gasteiger partial charge < -0.3 is 4.90 Å². The van der Waals surface area contributed by atoms with Crippen LogP contribution in [0.2, 0.25) is 0 Å². The number of hydrogen-bond acceptors (Lipinski definition) is 3. The molecule has 0 fully saturated rings. The van der Waals surface area contributed by atoms with Crippen LogP contribution >= 0.6 is 0 Å². The van der Waals surface area contributed by atoms with Crippen LogP contribution in [0.1, 0.15) is 24.5 Å². The second kappa shape index (κ2) is 9.50. The smallest absolute Gasteiger partial charge is 0.240 e. The summed E-state index contributed by atoms with van der Waals surface area (Å²) in [4.78, 5) is 13.8. The van der Waals surface area contributed by atoms with Crippen molar-refractivity contribution in [2.24, 2.45) is 0 Å². The largest absolute Gasteiger partial charge is 0.342 e. The number of sulfonamides is 1. The molecular weight excluding hydrogens is 348 g/mol. The second-order valence-corrected chi connectivity index (χ2v) is 7.99. The van der Waals surface area contributed by atoms with E-state index in [-0.39, 0.29) is 17.3 Å². The van der Waals surface area contributed by atoms with Crippen LogP contribution in [0.25, 0.3) is 0 Å². The van der Waals surface area contributed by atoms with Crippen molar-refractivity contribution in [1.82, 2.24) is 9.62 Å². The van der Waals surface area contributed by atoms with Gasteiger partial charge in [0.05, 0.1) is 4.90 Å². The molecule has 0 atom stereocenters. The van der Waals surface area contributed by atoms with Crippen LogP contribution in [0.5, 0.6) is 0 Å². The summed E-state index contributed by atoms with van der Waals surface area (Å²) in [6, 6.07) is 17.0. The van der Waals surface area contributed by atoms with Crippen molar-refractivity contribution in [3.8, 4) is 0 Å². The summed E-state index contributed by atoms with van der Waals surface area (Å²) in [5, 5.41) is 0. The average molecular weight is 375 g/mol. The second-order valence-electron chi connectivity index (χ2n) is 6.26. The van der Waals surface area contributed by atoms with Crippen LogP contribution in [0.15, 0.2) is 59.5 Å². The molecule has 2 rings (SSSR count). The van der Waals surface area contributed by atoms with E-state index in [0.717, 1.165) is 12.8 Å². The molecule has 2 aromatic rings. The van der Waals surface area contributed by atoms with E-state index in [1.54, 1.807) is 36.1 Å². The lowest BCUT2D eigenvalue weighted by atomic mass is 10.1. The standard InChI is InChI=1S/C20H26N2O3S/c1-17-9-6-7-13-20(17)26(24,25)21-14-16-22(18(2)23)15-8-12-19-10-4-3-5-11-19/h3-7,9-11,13,21H,8,12,14-16H2,1-2H3. The van der Waals surface area contributed by atoms with Crippen molar-refractivity contribution in [3.63, 3.8) is 0 Å². The van der Waals surface area contributed by atoms with E-state index in [1.165, 1.54) is 12.5 Å². The zero-order chi connectivity index (χ0) is 19.0. The summed E-state index contributed by atoms with van der Waals surface area (Å²) < 4.78 is 27.4. The lowest BCUT2D eigenvalue weighted by Gasteiger charge is -2.21. The molecular formula is C20H26N2O3S. The van der Waals surface area contributed by atoms with Gasteiger partial charge in [0.2, 0.25) is 15.9 Å². The highest BCUT2D eigenvalue weighted by Gasteiger charge is 2.16. The molecule has 5 nitrogen and oxygen atoms in total. The lowest BCUT2D eigenvalue weighted by molar-refractivity contribution is -0.128. The Bertz CT molecular complexity index is 820. The molecule has 1 amide bonds. The quantitative estimate of drug-likeness (QED) is 0.734. The maximum Gasteiger partial charge on any atom is 0.240 e. The SMILES string of the molecule is CC(=O)N(CCCc1ccccc1)CCNS(=O)(=O)c1ccccc1C. The Hall–Kier alpha value is -2.18. The van der Waals surface area contributed by atoms with Gasteiger partial charge in [0, 0.05) is 26.6 Å². The van der Waals surface area contributed by atoms with Gasteiger partial charge in [0.1, 0.15) is 0 Å². The first-order valence-corrected chi connectivity index (χ1v) is 10.2. The first kappa shape index (κ1) is 20.1. The van der Waals surface area contributed by atoms with E-state index in [4.69, 9.17) is 0 Å². The molecule has 0 saturated carbocycles. The van der Waals surface area contributed by atoms with E-state index in [2.05, 4.69) is 16.9 Å². The van der Waals surface area contributed by atoms with Crippen LogP contribution in [-0.4, -0.2) is 38.9 Å². The topological polar surface area (TPSA) is 66.5 Å². The van der Waals surface area contributed by atoms with E-state index >= 15 is 0 Å². The lowest BCUT2D eigenvalue weighted by Crippen LogP contribution is -2.38. The molecule has 2 aromatic carbocycles. The number of nitrogens with zero attached hydrogens (tertiary/aromatic N) is 1. The average Bonchev–Trinajstić information content (AvgIpc) is 2.61. The van der Waals surface area contributed by atoms with Gasteiger partial charge in [-0.2, -0.15) is 0 Å². The number of carbonyl (C=O) groups is 1. The number of aryl methyl sites for hydroxylation is 2. The van der Waals surface area contributed by atoms with Crippen molar-refractivity contribution in [2.45, 2.75) is 31.6 Å². The predicted molar refractivity (Wildman–Crippen MR) is 103 cm³/mol. The molecule has 0 bridgehead atoms. The third kappa shape index (κ3) is 5.97. The van der Waals surface area contributed by atoms with Crippen molar-refractivity contribution < 1.29 is 13.2 Å². The molecule has 0 aromatic heterocycles. The van der Waals surface area contributed by atoms with E-state index < -0.39 is 10.0 Å². The minimum atomic E-state index is -3.56. The normalized spacial score (nSPS) is 11.3. The number of nitrogens with one attached hydrogen (secondary N) is 1. The van der Waals surface area contributed by atoms with Gasteiger partial charge in [0.25, 0.3) is 0 Å². The highest BCUT2D eigenvalue weighted by atomic mass is 32.2. The fourth-order valence-electron chi connectivity index (χ4n) is 2.80. The molecule has 0 aliphatic heterocycles. The van der Waals surface area contributed by atoms with E-state index in [1.807, 2.05) is 18.2 Å². The third-order valence-electron chi connectivity index (χ3n) is 4.24. The summed E-state index contributed by atoms with van der Waals surface area (Å²) in [6.07, 6.45) is 1.73. The molecule has 0 radical (unpaired) electrons. The summed E-state index contributed by atoms with van der Waals surface area (Å²) in [7, 11) is -3.56. The Morgan fingerprint density at radius 3 is 2.31 bits per heavy atom.